The maximum absolute atomic E-state index is 6.45. The van der Waals surface area contributed by atoms with Crippen LogP contribution < -0.4 is 31.0 Å². The molecule has 1 saturated carbocycles. The van der Waals surface area contributed by atoms with Crippen molar-refractivity contribution in [3.05, 3.63) is 78.8 Å². The molecular formula is C34H38N6O3. The fourth-order valence-electron chi connectivity index (χ4n) is 6.21. The van der Waals surface area contributed by atoms with Gasteiger partial charge < -0.3 is 31.0 Å². The molecule has 0 saturated heterocycles. The smallest absolute Gasteiger partial charge is 0.162 e. The molecule has 9 heteroatoms. The van der Waals surface area contributed by atoms with Crippen LogP contribution in [0.1, 0.15) is 31.2 Å². The van der Waals surface area contributed by atoms with E-state index in [1.165, 1.54) is 31.2 Å². The number of aromatic nitrogens is 3. The van der Waals surface area contributed by atoms with Crippen LogP contribution in [0.2, 0.25) is 0 Å². The van der Waals surface area contributed by atoms with Crippen molar-refractivity contribution in [2.24, 2.45) is 5.73 Å². The highest BCUT2D eigenvalue weighted by atomic mass is 16.5. The SMILES string of the molecule is COc1cc2ncc3c(N)nc(-c4cncc(OC[C@@H](N)CNCC5(c6ccccc6)CCCC5)c4)cc3c2cc1OC. The molecule has 1 atom stereocenters. The fraction of sp³-hybridized carbons (Fsp3) is 0.324. The van der Waals surface area contributed by atoms with Gasteiger partial charge in [0.1, 0.15) is 18.2 Å². The van der Waals surface area contributed by atoms with E-state index in [4.69, 9.17) is 25.7 Å². The highest BCUT2D eigenvalue weighted by Gasteiger charge is 2.35. The number of benzene rings is 2. The molecule has 1 aliphatic rings. The Morgan fingerprint density at radius 1 is 0.907 bits per heavy atom. The zero-order valence-corrected chi connectivity index (χ0v) is 24.7. The van der Waals surface area contributed by atoms with Crippen LogP contribution in [0.15, 0.2) is 73.2 Å². The van der Waals surface area contributed by atoms with Gasteiger partial charge in [0.05, 0.1) is 37.7 Å². The lowest BCUT2D eigenvalue weighted by Gasteiger charge is -2.30. The van der Waals surface area contributed by atoms with Crippen molar-refractivity contribution in [1.82, 2.24) is 20.3 Å². The number of ether oxygens (including phenoxy) is 3. The predicted octanol–water partition coefficient (Wildman–Crippen LogP) is 5.25. The largest absolute Gasteiger partial charge is 0.493 e. The van der Waals surface area contributed by atoms with Crippen molar-refractivity contribution in [1.29, 1.82) is 0 Å². The van der Waals surface area contributed by atoms with Gasteiger partial charge in [-0.25, -0.2) is 4.98 Å². The molecule has 1 aliphatic carbocycles. The van der Waals surface area contributed by atoms with Gasteiger partial charge in [-0.05, 0) is 42.0 Å². The standard InChI is InChI=1S/C34H38N6O3/c1-41-31-14-27-26-13-29(40-33(36)28(26)19-39-30(27)15-32(31)42-2)22-12-25(18-37-16-22)43-20-24(35)17-38-21-34(10-6-7-11-34)23-8-4-3-5-9-23/h3-5,8-9,12-16,18-19,24,38H,6-7,10-11,17,20-21,35H2,1-2H3,(H2,36,40)/t24-/m0/s1. The third-order valence-corrected chi connectivity index (χ3v) is 8.50. The van der Waals surface area contributed by atoms with Gasteiger partial charge in [0.2, 0.25) is 0 Å². The lowest BCUT2D eigenvalue weighted by atomic mass is 9.79. The molecule has 0 amide bonds. The summed E-state index contributed by atoms with van der Waals surface area (Å²) < 4.78 is 17.1. The van der Waals surface area contributed by atoms with Crippen LogP contribution in [0.4, 0.5) is 5.82 Å². The lowest BCUT2D eigenvalue weighted by Crippen LogP contribution is -2.43. The highest BCUT2D eigenvalue weighted by Crippen LogP contribution is 2.40. The van der Waals surface area contributed by atoms with E-state index in [0.29, 0.717) is 41.9 Å². The van der Waals surface area contributed by atoms with Crippen LogP contribution in [0, 0.1) is 0 Å². The Kier molecular flexibility index (Phi) is 8.26. The van der Waals surface area contributed by atoms with Crippen LogP contribution in [-0.4, -0.2) is 54.9 Å². The average Bonchev–Trinajstić information content (AvgIpc) is 3.53. The van der Waals surface area contributed by atoms with Gasteiger partial charge in [0.15, 0.2) is 11.5 Å². The summed E-state index contributed by atoms with van der Waals surface area (Å²) in [5, 5.41) is 6.18. The number of hydrogen-bond donors (Lipinski definition) is 3. The zero-order valence-electron chi connectivity index (χ0n) is 24.7. The molecule has 0 spiro atoms. The quantitative estimate of drug-likeness (QED) is 0.180. The second-order valence-corrected chi connectivity index (χ2v) is 11.3. The minimum Gasteiger partial charge on any atom is -0.493 e. The average molecular weight is 579 g/mol. The molecule has 0 bridgehead atoms. The van der Waals surface area contributed by atoms with Gasteiger partial charge in [0.25, 0.3) is 0 Å². The second-order valence-electron chi connectivity index (χ2n) is 11.3. The molecule has 6 rings (SSSR count). The van der Waals surface area contributed by atoms with Crippen LogP contribution in [0.25, 0.3) is 32.9 Å². The molecule has 0 unspecified atom stereocenters. The zero-order chi connectivity index (χ0) is 29.8. The highest BCUT2D eigenvalue weighted by molar-refractivity contribution is 6.10. The fourth-order valence-corrected chi connectivity index (χ4v) is 6.21. The molecule has 43 heavy (non-hydrogen) atoms. The van der Waals surface area contributed by atoms with Crippen molar-refractivity contribution < 1.29 is 14.2 Å². The third kappa shape index (κ3) is 5.91. The molecule has 0 radical (unpaired) electrons. The van der Waals surface area contributed by atoms with Crippen molar-refractivity contribution >= 4 is 27.5 Å². The Morgan fingerprint density at radius 2 is 1.67 bits per heavy atom. The number of hydrogen-bond acceptors (Lipinski definition) is 9. The molecule has 5 aromatic rings. The van der Waals surface area contributed by atoms with E-state index in [1.54, 1.807) is 32.8 Å². The number of nitrogens with two attached hydrogens (primary N) is 2. The van der Waals surface area contributed by atoms with Gasteiger partial charge in [-0.3, -0.25) is 9.97 Å². The van der Waals surface area contributed by atoms with Gasteiger partial charge in [-0.2, -0.15) is 0 Å². The number of anilines is 1. The van der Waals surface area contributed by atoms with Crippen molar-refractivity contribution in [2.75, 3.05) is 39.6 Å². The lowest BCUT2D eigenvalue weighted by molar-refractivity contribution is 0.278. The van der Waals surface area contributed by atoms with Crippen molar-refractivity contribution in [3.8, 4) is 28.5 Å². The van der Waals surface area contributed by atoms with Crippen molar-refractivity contribution in [2.45, 2.75) is 37.1 Å². The predicted molar refractivity (Wildman–Crippen MR) is 171 cm³/mol. The number of methoxy groups -OCH3 is 2. The van der Waals surface area contributed by atoms with Gasteiger partial charge >= 0.3 is 0 Å². The maximum atomic E-state index is 6.45. The van der Waals surface area contributed by atoms with E-state index < -0.39 is 0 Å². The van der Waals surface area contributed by atoms with Crippen LogP contribution >= 0.6 is 0 Å². The monoisotopic (exact) mass is 578 g/mol. The Bertz CT molecular complexity index is 1720. The molecule has 3 aromatic heterocycles. The number of nitrogens with zero attached hydrogens (tertiary/aromatic N) is 3. The third-order valence-electron chi connectivity index (χ3n) is 8.50. The molecule has 5 N–H and O–H groups in total. The summed E-state index contributed by atoms with van der Waals surface area (Å²) in [6.45, 7) is 1.95. The molecule has 0 aliphatic heterocycles. The van der Waals surface area contributed by atoms with E-state index in [9.17, 15) is 0 Å². The number of rotatable bonds is 11. The first-order valence-corrected chi connectivity index (χ1v) is 14.7. The molecule has 2 aromatic carbocycles. The molecule has 1 fully saturated rings. The number of fused-ring (bicyclic) bond motifs is 3. The first-order chi connectivity index (χ1) is 21.0. The molecule has 3 heterocycles. The number of nitrogen functional groups attached to an aromatic ring is 1. The van der Waals surface area contributed by atoms with E-state index in [-0.39, 0.29) is 11.5 Å². The Morgan fingerprint density at radius 3 is 2.44 bits per heavy atom. The molecular weight excluding hydrogens is 540 g/mol. The Labute approximate surface area is 251 Å². The van der Waals surface area contributed by atoms with Gasteiger partial charge in [0, 0.05) is 53.3 Å². The van der Waals surface area contributed by atoms with E-state index in [0.717, 1.165) is 33.8 Å². The topological polar surface area (TPSA) is 130 Å². The van der Waals surface area contributed by atoms with E-state index in [2.05, 4.69) is 50.6 Å². The summed E-state index contributed by atoms with van der Waals surface area (Å²) in [6, 6.07) is 18.3. The van der Waals surface area contributed by atoms with E-state index >= 15 is 0 Å². The summed E-state index contributed by atoms with van der Waals surface area (Å²) in [5.74, 6) is 2.23. The second kappa shape index (κ2) is 12.4. The molecule has 222 valence electrons. The first-order valence-electron chi connectivity index (χ1n) is 14.7. The summed E-state index contributed by atoms with van der Waals surface area (Å²) in [6.07, 6.45) is 10.1. The number of pyridine rings is 3. The summed E-state index contributed by atoms with van der Waals surface area (Å²) >= 11 is 0. The minimum absolute atomic E-state index is 0.168. The van der Waals surface area contributed by atoms with Crippen LogP contribution in [-0.2, 0) is 5.41 Å². The van der Waals surface area contributed by atoms with E-state index in [1.807, 2.05) is 24.3 Å². The van der Waals surface area contributed by atoms with Crippen LogP contribution in [0.3, 0.4) is 0 Å². The number of nitrogens with one attached hydrogen (secondary N) is 1. The maximum Gasteiger partial charge on any atom is 0.162 e. The molecule has 9 nitrogen and oxygen atoms in total. The minimum atomic E-state index is -0.168. The van der Waals surface area contributed by atoms with Gasteiger partial charge in [-0.1, -0.05) is 43.2 Å². The van der Waals surface area contributed by atoms with Crippen LogP contribution in [0.5, 0.6) is 17.2 Å². The normalized spacial score (nSPS) is 15.0. The summed E-state index contributed by atoms with van der Waals surface area (Å²) in [4.78, 5) is 13.6. The van der Waals surface area contributed by atoms with Crippen molar-refractivity contribution in [3.63, 3.8) is 0 Å². The summed E-state index contributed by atoms with van der Waals surface area (Å²) in [5.41, 5.74) is 16.7. The summed E-state index contributed by atoms with van der Waals surface area (Å²) in [7, 11) is 3.22. The Hall–Kier alpha value is -4.47. The first kappa shape index (κ1) is 28.6. The van der Waals surface area contributed by atoms with Gasteiger partial charge in [-0.15, -0.1) is 0 Å². The Balaban J connectivity index is 1.15.